The summed E-state index contributed by atoms with van der Waals surface area (Å²) in [6.45, 7) is 5.24. The van der Waals surface area contributed by atoms with Crippen molar-refractivity contribution in [3.05, 3.63) is 33.8 Å². The second-order valence-corrected chi connectivity index (χ2v) is 5.09. The first-order valence-electron chi connectivity index (χ1n) is 5.91. The van der Waals surface area contributed by atoms with Crippen molar-refractivity contribution < 1.29 is 9.47 Å². The van der Waals surface area contributed by atoms with Crippen LogP contribution in [0.3, 0.4) is 0 Å². The molecular formula is C14H20BrNO2. The highest BCUT2D eigenvalue weighted by Crippen LogP contribution is 2.36. The lowest BCUT2D eigenvalue weighted by Gasteiger charge is -2.13. The Labute approximate surface area is 117 Å². The van der Waals surface area contributed by atoms with E-state index in [1.807, 2.05) is 32.1 Å². The highest BCUT2D eigenvalue weighted by Gasteiger charge is 2.11. The number of methoxy groups -OCH3 is 1. The van der Waals surface area contributed by atoms with Crippen molar-refractivity contribution in [2.45, 2.75) is 20.3 Å². The Hall–Kier alpha value is -1.00. The smallest absolute Gasteiger partial charge is 0.175 e. The fraction of sp³-hybridized carbons (Fsp3) is 0.429. The van der Waals surface area contributed by atoms with Gasteiger partial charge in [-0.3, -0.25) is 0 Å². The molecule has 0 aliphatic heterocycles. The minimum Gasteiger partial charge on any atom is -0.493 e. The maximum atomic E-state index is 5.72. The van der Waals surface area contributed by atoms with E-state index in [0.29, 0.717) is 13.2 Å². The zero-order valence-electron chi connectivity index (χ0n) is 11.1. The number of hydrogen-bond acceptors (Lipinski definition) is 3. The molecule has 0 aromatic heterocycles. The SMILES string of the molecule is COc1cc(CCN)cc(Br)c1OCC=C(C)C. The number of halogens is 1. The molecule has 0 bridgehead atoms. The van der Waals surface area contributed by atoms with Gasteiger partial charge in [-0.2, -0.15) is 0 Å². The molecule has 1 aromatic carbocycles. The van der Waals surface area contributed by atoms with Crippen molar-refractivity contribution >= 4 is 15.9 Å². The largest absolute Gasteiger partial charge is 0.493 e. The Morgan fingerprint density at radius 3 is 2.67 bits per heavy atom. The average molecular weight is 314 g/mol. The van der Waals surface area contributed by atoms with Gasteiger partial charge in [0.25, 0.3) is 0 Å². The molecule has 0 unspecified atom stereocenters. The first-order chi connectivity index (χ1) is 8.58. The Morgan fingerprint density at radius 1 is 1.39 bits per heavy atom. The van der Waals surface area contributed by atoms with E-state index in [-0.39, 0.29) is 0 Å². The molecule has 0 heterocycles. The number of benzene rings is 1. The number of allylic oxidation sites excluding steroid dienone is 1. The predicted octanol–water partition coefficient (Wildman–Crippen LogP) is 3.30. The van der Waals surface area contributed by atoms with Crippen molar-refractivity contribution in [2.24, 2.45) is 5.73 Å². The Morgan fingerprint density at radius 2 is 2.11 bits per heavy atom. The maximum Gasteiger partial charge on any atom is 0.175 e. The third kappa shape index (κ3) is 4.35. The van der Waals surface area contributed by atoms with Gasteiger partial charge in [0.1, 0.15) is 6.61 Å². The van der Waals surface area contributed by atoms with Crippen molar-refractivity contribution in [1.82, 2.24) is 0 Å². The van der Waals surface area contributed by atoms with Crippen LogP contribution in [0.25, 0.3) is 0 Å². The third-order valence-electron chi connectivity index (χ3n) is 2.44. The molecule has 2 N–H and O–H groups in total. The topological polar surface area (TPSA) is 44.5 Å². The number of rotatable bonds is 6. The van der Waals surface area contributed by atoms with Crippen molar-refractivity contribution in [3.63, 3.8) is 0 Å². The molecule has 100 valence electrons. The highest BCUT2D eigenvalue weighted by molar-refractivity contribution is 9.10. The lowest BCUT2D eigenvalue weighted by molar-refractivity contribution is 0.323. The van der Waals surface area contributed by atoms with Crippen LogP contribution >= 0.6 is 15.9 Å². The molecule has 1 aromatic rings. The van der Waals surface area contributed by atoms with Crippen LogP contribution in [-0.2, 0) is 6.42 Å². The van der Waals surface area contributed by atoms with E-state index in [1.54, 1.807) is 7.11 Å². The van der Waals surface area contributed by atoms with E-state index in [4.69, 9.17) is 15.2 Å². The normalized spacial score (nSPS) is 10.1. The van der Waals surface area contributed by atoms with Crippen LogP contribution < -0.4 is 15.2 Å². The average Bonchev–Trinajstić information content (AvgIpc) is 2.31. The van der Waals surface area contributed by atoms with E-state index < -0.39 is 0 Å². The lowest BCUT2D eigenvalue weighted by atomic mass is 10.1. The zero-order valence-corrected chi connectivity index (χ0v) is 12.7. The Kier molecular flexibility index (Phi) is 6.22. The summed E-state index contributed by atoms with van der Waals surface area (Å²) in [6.07, 6.45) is 2.85. The molecule has 18 heavy (non-hydrogen) atoms. The van der Waals surface area contributed by atoms with Crippen molar-refractivity contribution in [3.8, 4) is 11.5 Å². The first kappa shape index (κ1) is 15.1. The molecule has 3 nitrogen and oxygen atoms in total. The van der Waals surface area contributed by atoms with E-state index >= 15 is 0 Å². The number of ether oxygens (including phenoxy) is 2. The van der Waals surface area contributed by atoms with Gasteiger partial charge in [0.2, 0.25) is 0 Å². The minimum absolute atomic E-state index is 0.535. The van der Waals surface area contributed by atoms with Gasteiger partial charge in [-0.15, -0.1) is 0 Å². The molecule has 0 saturated heterocycles. The molecular weight excluding hydrogens is 294 g/mol. The van der Waals surface area contributed by atoms with E-state index in [9.17, 15) is 0 Å². The predicted molar refractivity (Wildman–Crippen MR) is 78.4 cm³/mol. The molecule has 0 aliphatic rings. The fourth-order valence-corrected chi connectivity index (χ4v) is 2.12. The number of hydrogen-bond donors (Lipinski definition) is 1. The second-order valence-electron chi connectivity index (χ2n) is 4.24. The van der Waals surface area contributed by atoms with Gasteiger partial charge in [0, 0.05) is 0 Å². The van der Waals surface area contributed by atoms with Crippen LogP contribution in [0.2, 0.25) is 0 Å². The molecule has 0 atom stereocenters. The lowest BCUT2D eigenvalue weighted by Crippen LogP contribution is -2.04. The van der Waals surface area contributed by atoms with Gasteiger partial charge >= 0.3 is 0 Å². The van der Waals surface area contributed by atoms with Gasteiger partial charge in [0.05, 0.1) is 11.6 Å². The second kappa shape index (κ2) is 7.44. The summed E-state index contributed by atoms with van der Waals surface area (Å²) in [5, 5.41) is 0. The molecule has 0 amide bonds. The van der Waals surface area contributed by atoms with Crippen LogP contribution in [-0.4, -0.2) is 20.3 Å². The van der Waals surface area contributed by atoms with Gasteiger partial charge in [-0.05, 0) is 66.5 Å². The minimum atomic E-state index is 0.535. The highest BCUT2D eigenvalue weighted by atomic mass is 79.9. The summed E-state index contributed by atoms with van der Waals surface area (Å²) in [5.74, 6) is 1.46. The van der Waals surface area contributed by atoms with Crippen molar-refractivity contribution in [2.75, 3.05) is 20.3 Å². The summed E-state index contributed by atoms with van der Waals surface area (Å²) < 4.78 is 12.0. The van der Waals surface area contributed by atoms with Crippen LogP contribution in [0.15, 0.2) is 28.3 Å². The molecule has 0 fully saturated rings. The summed E-state index contributed by atoms with van der Waals surface area (Å²) in [7, 11) is 1.64. The summed E-state index contributed by atoms with van der Waals surface area (Å²) in [4.78, 5) is 0. The third-order valence-corrected chi connectivity index (χ3v) is 3.03. The monoisotopic (exact) mass is 313 g/mol. The summed E-state index contributed by atoms with van der Waals surface area (Å²) >= 11 is 3.51. The van der Waals surface area contributed by atoms with Gasteiger partial charge in [-0.25, -0.2) is 0 Å². The van der Waals surface area contributed by atoms with Gasteiger partial charge in [0.15, 0.2) is 11.5 Å². The number of nitrogens with two attached hydrogens (primary N) is 1. The maximum absolute atomic E-state index is 5.72. The zero-order chi connectivity index (χ0) is 13.5. The van der Waals surface area contributed by atoms with Crippen LogP contribution in [0.5, 0.6) is 11.5 Å². The molecule has 1 rings (SSSR count). The Bertz CT molecular complexity index is 426. The molecule has 0 aliphatic carbocycles. The van der Waals surface area contributed by atoms with E-state index in [2.05, 4.69) is 15.9 Å². The fourth-order valence-electron chi connectivity index (χ4n) is 1.52. The molecule has 0 saturated carbocycles. The standard InChI is InChI=1S/C14H20BrNO2/c1-10(2)5-7-18-14-12(15)8-11(4-6-16)9-13(14)17-3/h5,8-9H,4,6-7,16H2,1-3H3. The van der Waals surface area contributed by atoms with E-state index in [0.717, 1.165) is 28.0 Å². The molecule has 0 radical (unpaired) electrons. The molecule has 4 heteroatoms. The van der Waals surface area contributed by atoms with Gasteiger partial charge in [-0.1, -0.05) is 5.57 Å². The van der Waals surface area contributed by atoms with Crippen molar-refractivity contribution in [1.29, 1.82) is 0 Å². The van der Waals surface area contributed by atoms with Crippen LogP contribution in [0.4, 0.5) is 0 Å². The van der Waals surface area contributed by atoms with E-state index in [1.165, 1.54) is 5.57 Å². The summed E-state index contributed by atoms with van der Waals surface area (Å²) in [6, 6.07) is 3.99. The first-order valence-corrected chi connectivity index (χ1v) is 6.70. The molecule has 0 spiro atoms. The summed E-state index contributed by atoms with van der Waals surface area (Å²) in [5.41, 5.74) is 7.92. The Balaban J connectivity index is 2.92. The van der Waals surface area contributed by atoms with Crippen LogP contribution in [0.1, 0.15) is 19.4 Å². The van der Waals surface area contributed by atoms with Crippen LogP contribution in [0, 0.1) is 0 Å². The quantitative estimate of drug-likeness (QED) is 0.819. The van der Waals surface area contributed by atoms with Gasteiger partial charge < -0.3 is 15.2 Å².